The number of nitrogens with one attached hydrogen (secondary N) is 2. The normalized spacial score (nSPS) is 15.3. The quantitative estimate of drug-likeness (QED) is 0.807. The average molecular weight is 331 g/mol. The number of hydrogen-bond acceptors (Lipinski definition) is 5. The van der Waals surface area contributed by atoms with Crippen LogP contribution in [0.5, 0.6) is 11.5 Å². The van der Waals surface area contributed by atoms with Gasteiger partial charge in [0.05, 0.1) is 4.90 Å². The van der Waals surface area contributed by atoms with Gasteiger partial charge in [0.15, 0.2) is 11.5 Å². The zero-order valence-corrected chi connectivity index (χ0v) is 12.9. The fraction of sp³-hybridized carbons (Fsp3) is 0.308. The van der Waals surface area contributed by atoms with Gasteiger partial charge in [0, 0.05) is 23.9 Å². The molecule has 0 spiro atoms. The van der Waals surface area contributed by atoms with Crippen molar-refractivity contribution in [1.29, 1.82) is 5.41 Å². The van der Waals surface area contributed by atoms with Crippen LogP contribution in [-0.4, -0.2) is 34.4 Å². The molecule has 0 aromatic heterocycles. The van der Waals surface area contributed by atoms with Crippen molar-refractivity contribution in [2.75, 3.05) is 19.8 Å². The Labute approximate surface area is 128 Å². The maximum atomic E-state index is 12.2. The molecule has 0 atom stereocenters. The number of benzene rings is 1. The second kappa shape index (κ2) is 6.46. The topological polar surface area (TPSA) is 88.5 Å². The Balaban J connectivity index is 2.20. The molecule has 1 heterocycles. The van der Waals surface area contributed by atoms with E-state index in [9.17, 15) is 8.42 Å². The summed E-state index contributed by atoms with van der Waals surface area (Å²) in [6, 6.07) is 4.42. The Morgan fingerprint density at radius 3 is 2.67 bits per heavy atom. The first-order valence-electron chi connectivity index (χ1n) is 6.19. The molecule has 114 valence electrons. The van der Waals surface area contributed by atoms with Crippen molar-refractivity contribution in [1.82, 2.24) is 4.72 Å². The van der Waals surface area contributed by atoms with Crippen LogP contribution in [0.25, 0.3) is 0 Å². The molecule has 0 unspecified atom stereocenters. The summed E-state index contributed by atoms with van der Waals surface area (Å²) in [6.07, 6.45) is 1.02. The van der Waals surface area contributed by atoms with Crippen LogP contribution in [0.4, 0.5) is 0 Å². The first-order valence-corrected chi connectivity index (χ1v) is 8.05. The van der Waals surface area contributed by atoms with E-state index in [1.807, 2.05) is 0 Å². The van der Waals surface area contributed by atoms with Crippen LogP contribution in [-0.2, 0) is 10.0 Å². The molecule has 0 saturated carbocycles. The zero-order valence-electron chi connectivity index (χ0n) is 11.3. The summed E-state index contributed by atoms with van der Waals surface area (Å²) in [6.45, 7) is 2.38. The van der Waals surface area contributed by atoms with Crippen molar-refractivity contribution in [2.45, 2.75) is 11.8 Å². The molecule has 1 aromatic rings. The molecule has 1 aromatic carbocycles. The van der Waals surface area contributed by atoms with Gasteiger partial charge >= 0.3 is 0 Å². The van der Waals surface area contributed by atoms with Gasteiger partial charge in [0.2, 0.25) is 10.0 Å². The highest BCUT2D eigenvalue weighted by Gasteiger charge is 2.19. The van der Waals surface area contributed by atoms with Gasteiger partial charge in [-0.2, -0.15) is 0 Å². The monoisotopic (exact) mass is 330 g/mol. The second-order valence-corrected chi connectivity index (χ2v) is 6.67. The minimum atomic E-state index is -3.71. The van der Waals surface area contributed by atoms with E-state index in [1.54, 1.807) is 13.0 Å². The first kappa shape index (κ1) is 15.8. The van der Waals surface area contributed by atoms with E-state index in [0.29, 0.717) is 35.3 Å². The third-order valence-corrected chi connectivity index (χ3v) is 4.53. The van der Waals surface area contributed by atoms with Gasteiger partial charge in [-0.25, -0.2) is 13.1 Å². The molecular weight excluding hydrogens is 316 g/mol. The van der Waals surface area contributed by atoms with E-state index in [2.05, 4.69) is 4.72 Å². The number of sulfonamides is 1. The fourth-order valence-electron chi connectivity index (χ4n) is 1.72. The summed E-state index contributed by atoms with van der Waals surface area (Å²) >= 11 is 5.77. The summed E-state index contributed by atoms with van der Waals surface area (Å²) in [4.78, 5) is 0.0725. The number of allylic oxidation sites excluding steroid dienone is 1. The Hall–Kier alpha value is -1.57. The smallest absolute Gasteiger partial charge is 0.241 e. The Morgan fingerprint density at radius 2 is 2.05 bits per heavy atom. The van der Waals surface area contributed by atoms with E-state index >= 15 is 0 Å². The van der Waals surface area contributed by atoms with E-state index in [1.165, 1.54) is 12.1 Å². The largest absolute Gasteiger partial charge is 0.486 e. The lowest BCUT2D eigenvalue weighted by atomic mass is 10.3. The molecule has 6 nitrogen and oxygen atoms in total. The van der Waals surface area contributed by atoms with Crippen molar-refractivity contribution in [3.63, 3.8) is 0 Å². The summed E-state index contributed by atoms with van der Waals surface area (Å²) in [5.74, 6) is 0.928. The summed E-state index contributed by atoms with van der Waals surface area (Å²) in [5.41, 5.74) is 0.401. The average Bonchev–Trinajstić information content (AvgIpc) is 2.47. The Bertz CT molecular complexity index is 681. The van der Waals surface area contributed by atoms with E-state index < -0.39 is 10.0 Å². The van der Waals surface area contributed by atoms with E-state index in [0.717, 1.165) is 6.21 Å². The molecule has 21 heavy (non-hydrogen) atoms. The highest BCUT2D eigenvalue weighted by molar-refractivity contribution is 7.89. The number of fused-ring (bicyclic) bond motifs is 1. The van der Waals surface area contributed by atoms with Crippen LogP contribution in [0.1, 0.15) is 6.92 Å². The maximum Gasteiger partial charge on any atom is 0.241 e. The molecule has 0 saturated heterocycles. The number of rotatable bonds is 5. The van der Waals surface area contributed by atoms with Crippen molar-refractivity contribution >= 4 is 27.8 Å². The molecular formula is C13H15ClN2O4S. The Morgan fingerprint density at radius 1 is 1.38 bits per heavy atom. The molecule has 0 fully saturated rings. The van der Waals surface area contributed by atoms with Crippen molar-refractivity contribution in [3.05, 3.63) is 28.8 Å². The molecule has 0 aliphatic carbocycles. The SMILES string of the molecule is C/C(Cl)=C(/C=N)CNS(=O)(=O)c1ccc2c(c1)OCCO2. The third-order valence-electron chi connectivity index (χ3n) is 2.89. The molecule has 0 bridgehead atoms. The third kappa shape index (κ3) is 3.75. The van der Waals surface area contributed by atoms with Crippen LogP contribution in [0.15, 0.2) is 33.7 Å². The predicted molar refractivity (Wildman–Crippen MR) is 80.0 cm³/mol. The fourth-order valence-corrected chi connectivity index (χ4v) is 2.86. The van der Waals surface area contributed by atoms with Gasteiger partial charge in [-0.3, -0.25) is 0 Å². The molecule has 2 N–H and O–H groups in total. The highest BCUT2D eigenvalue weighted by Crippen LogP contribution is 2.32. The van der Waals surface area contributed by atoms with Gasteiger partial charge in [0.1, 0.15) is 13.2 Å². The number of ether oxygens (including phenoxy) is 2. The second-order valence-electron chi connectivity index (χ2n) is 4.33. The van der Waals surface area contributed by atoms with Crippen molar-refractivity contribution in [2.24, 2.45) is 0 Å². The minimum Gasteiger partial charge on any atom is -0.486 e. The van der Waals surface area contributed by atoms with Gasteiger partial charge in [-0.05, 0) is 24.6 Å². The minimum absolute atomic E-state index is 0.0460. The van der Waals surface area contributed by atoms with E-state index in [4.69, 9.17) is 26.5 Å². The summed E-state index contributed by atoms with van der Waals surface area (Å²) in [7, 11) is -3.71. The lowest BCUT2D eigenvalue weighted by Gasteiger charge is -2.19. The van der Waals surface area contributed by atoms with E-state index in [-0.39, 0.29) is 11.4 Å². The number of hydrogen-bond donors (Lipinski definition) is 2. The highest BCUT2D eigenvalue weighted by atomic mass is 35.5. The van der Waals surface area contributed by atoms with Crippen LogP contribution < -0.4 is 14.2 Å². The lowest BCUT2D eigenvalue weighted by Crippen LogP contribution is -2.26. The van der Waals surface area contributed by atoms with Crippen molar-refractivity contribution in [3.8, 4) is 11.5 Å². The van der Waals surface area contributed by atoms with Gasteiger partial charge in [-0.15, -0.1) is 0 Å². The van der Waals surface area contributed by atoms with Crippen LogP contribution >= 0.6 is 11.6 Å². The van der Waals surface area contributed by atoms with Crippen LogP contribution in [0, 0.1) is 5.41 Å². The molecule has 8 heteroatoms. The Kier molecular flexibility index (Phi) is 4.87. The zero-order chi connectivity index (χ0) is 15.5. The van der Waals surface area contributed by atoms with Gasteiger partial charge in [-0.1, -0.05) is 11.6 Å². The van der Waals surface area contributed by atoms with Crippen molar-refractivity contribution < 1.29 is 17.9 Å². The summed E-state index contributed by atoms with van der Waals surface area (Å²) in [5, 5.41) is 7.56. The predicted octanol–water partition coefficient (Wildman–Crippen LogP) is 1.90. The summed E-state index contributed by atoms with van der Waals surface area (Å²) < 4.78 is 37.5. The van der Waals surface area contributed by atoms with Gasteiger partial charge in [0.25, 0.3) is 0 Å². The van der Waals surface area contributed by atoms with Crippen LogP contribution in [0.3, 0.4) is 0 Å². The first-order chi connectivity index (χ1) is 9.94. The molecule has 0 amide bonds. The van der Waals surface area contributed by atoms with Crippen LogP contribution in [0.2, 0.25) is 0 Å². The maximum absolute atomic E-state index is 12.2. The molecule has 0 radical (unpaired) electrons. The number of halogens is 1. The molecule has 1 aliphatic heterocycles. The standard InChI is InChI=1S/C13H15ClN2O4S/c1-9(14)10(7-15)8-16-21(17,18)11-2-3-12-13(6-11)20-5-4-19-12/h2-3,6-7,15-16H,4-5,8H2,1H3/b10-9+,15-7?. The van der Waals surface area contributed by atoms with Gasteiger partial charge < -0.3 is 14.9 Å². The molecule has 1 aliphatic rings. The molecule has 2 rings (SSSR count). The lowest BCUT2D eigenvalue weighted by molar-refractivity contribution is 0.171.